The minimum Gasteiger partial charge on any atom is -0.324 e. The molecule has 0 aliphatic rings. The highest BCUT2D eigenvalue weighted by atomic mass is 35.5. The van der Waals surface area contributed by atoms with Crippen LogP contribution in [0.3, 0.4) is 0 Å². The second kappa shape index (κ2) is 5.15. The van der Waals surface area contributed by atoms with Crippen LogP contribution in [0.4, 0.5) is 4.39 Å². The van der Waals surface area contributed by atoms with E-state index in [-0.39, 0.29) is 11.9 Å². The summed E-state index contributed by atoms with van der Waals surface area (Å²) in [6, 6.07) is 2.95. The summed E-state index contributed by atoms with van der Waals surface area (Å²) in [6.45, 7) is 8.05. The van der Waals surface area contributed by atoms with Gasteiger partial charge in [-0.3, -0.25) is 0 Å². The number of halogens is 2. The molecule has 0 radical (unpaired) electrons. The normalized spacial score (nSPS) is 15.2. The van der Waals surface area contributed by atoms with Crippen LogP contribution in [-0.4, -0.2) is 0 Å². The Morgan fingerprint density at radius 1 is 1.25 bits per heavy atom. The first-order valence-electron chi connectivity index (χ1n) is 5.55. The first-order chi connectivity index (χ1) is 7.34. The first-order valence-corrected chi connectivity index (χ1v) is 5.93. The van der Waals surface area contributed by atoms with E-state index < -0.39 is 0 Å². The minimum absolute atomic E-state index is 0.146. The van der Waals surface area contributed by atoms with E-state index in [1.807, 2.05) is 0 Å². The second-order valence-corrected chi connectivity index (χ2v) is 5.16. The molecule has 1 nitrogen and oxygen atoms in total. The molecule has 0 aromatic heterocycles. The average Bonchev–Trinajstić information content (AvgIpc) is 2.21. The van der Waals surface area contributed by atoms with E-state index in [1.165, 1.54) is 6.07 Å². The van der Waals surface area contributed by atoms with Crippen LogP contribution in [0.2, 0.25) is 5.02 Å². The molecule has 0 spiro atoms. The number of nitrogens with two attached hydrogens (primary N) is 1. The number of aryl methyl sites for hydroxylation is 1. The van der Waals surface area contributed by atoms with E-state index >= 15 is 0 Å². The Hall–Kier alpha value is -0.600. The molecule has 0 saturated heterocycles. The first kappa shape index (κ1) is 13.5. The monoisotopic (exact) mass is 243 g/mol. The third kappa shape index (κ3) is 2.74. The van der Waals surface area contributed by atoms with Crippen molar-refractivity contribution < 1.29 is 4.39 Å². The van der Waals surface area contributed by atoms with Gasteiger partial charge in [0, 0.05) is 11.1 Å². The van der Waals surface area contributed by atoms with Crippen molar-refractivity contribution in [2.75, 3.05) is 0 Å². The number of rotatable bonds is 3. The minimum atomic E-state index is -0.279. The summed E-state index contributed by atoms with van der Waals surface area (Å²) in [4.78, 5) is 0. The van der Waals surface area contributed by atoms with Crippen molar-refractivity contribution in [3.8, 4) is 0 Å². The van der Waals surface area contributed by atoms with Gasteiger partial charge >= 0.3 is 0 Å². The van der Waals surface area contributed by atoms with Crippen LogP contribution in [0.25, 0.3) is 0 Å². The Balaban J connectivity index is 3.08. The van der Waals surface area contributed by atoms with Gasteiger partial charge < -0.3 is 5.73 Å². The lowest BCUT2D eigenvalue weighted by Crippen LogP contribution is -2.23. The van der Waals surface area contributed by atoms with Crippen LogP contribution >= 0.6 is 11.6 Å². The van der Waals surface area contributed by atoms with E-state index in [0.717, 1.165) is 5.56 Å². The molecule has 2 N–H and O–H groups in total. The Morgan fingerprint density at radius 3 is 2.31 bits per heavy atom. The molecule has 0 aliphatic carbocycles. The van der Waals surface area contributed by atoms with Gasteiger partial charge in [0.1, 0.15) is 5.82 Å². The maximum Gasteiger partial charge on any atom is 0.127 e. The predicted molar refractivity (Wildman–Crippen MR) is 67.1 cm³/mol. The summed E-state index contributed by atoms with van der Waals surface area (Å²) in [7, 11) is 0. The van der Waals surface area contributed by atoms with E-state index in [1.54, 1.807) is 13.0 Å². The molecule has 0 aliphatic heterocycles. The summed E-state index contributed by atoms with van der Waals surface area (Å²) in [5, 5.41) is 0.420. The molecule has 0 amide bonds. The quantitative estimate of drug-likeness (QED) is 0.851. The van der Waals surface area contributed by atoms with Crippen molar-refractivity contribution in [1.29, 1.82) is 0 Å². The summed E-state index contributed by atoms with van der Waals surface area (Å²) < 4.78 is 13.3. The lowest BCUT2D eigenvalue weighted by atomic mass is 9.86. The van der Waals surface area contributed by atoms with Crippen LogP contribution in [-0.2, 0) is 0 Å². The molecule has 90 valence electrons. The number of benzene rings is 1. The summed E-state index contributed by atoms with van der Waals surface area (Å²) in [6.07, 6.45) is 0. The highest BCUT2D eigenvalue weighted by Gasteiger charge is 2.21. The van der Waals surface area contributed by atoms with E-state index in [9.17, 15) is 4.39 Å². The van der Waals surface area contributed by atoms with Crippen molar-refractivity contribution in [2.24, 2.45) is 17.6 Å². The van der Waals surface area contributed by atoms with Crippen molar-refractivity contribution in [3.63, 3.8) is 0 Å². The molecular weight excluding hydrogens is 225 g/mol. The van der Waals surface area contributed by atoms with Crippen LogP contribution in [0.1, 0.15) is 37.9 Å². The van der Waals surface area contributed by atoms with Crippen LogP contribution in [0.15, 0.2) is 12.1 Å². The third-order valence-electron chi connectivity index (χ3n) is 3.26. The second-order valence-electron chi connectivity index (χ2n) is 4.75. The maximum absolute atomic E-state index is 13.3. The largest absolute Gasteiger partial charge is 0.324 e. The maximum atomic E-state index is 13.3. The van der Waals surface area contributed by atoms with Crippen molar-refractivity contribution >= 4 is 11.6 Å². The molecule has 0 fully saturated rings. The van der Waals surface area contributed by atoms with Gasteiger partial charge in [0.25, 0.3) is 0 Å². The zero-order valence-electron chi connectivity index (χ0n) is 10.2. The average molecular weight is 244 g/mol. The fraction of sp³-hybridized carbons (Fsp3) is 0.538. The van der Waals surface area contributed by atoms with Crippen LogP contribution in [0, 0.1) is 24.6 Å². The van der Waals surface area contributed by atoms with Crippen molar-refractivity contribution in [3.05, 3.63) is 34.1 Å². The zero-order valence-corrected chi connectivity index (χ0v) is 11.0. The van der Waals surface area contributed by atoms with Crippen LogP contribution in [0.5, 0.6) is 0 Å². The summed E-state index contributed by atoms with van der Waals surface area (Å²) in [5.41, 5.74) is 7.58. The molecule has 1 aromatic rings. The molecule has 0 heterocycles. The smallest absolute Gasteiger partial charge is 0.127 e. The van der Waals surface area contributed by atoms with Gasteiger partial charge in [-0.1, -0.05) is 38.4 Å². The lowest BCUT2D eigenvalue weighted by molar-refractivity contribution is 0.352. The predicted octanol–water partition coefficient (Wildman–Crippen LogP) is 4.08. The standard InChI is InChI=1S/C13H19ClFN/c1-7(2)9(4)13(16)10-5-8(3)12(15)6-11(10)14/h5-7,9,13H,16H2,1-4H3. The van der Waals surface area contributed by atoms with Crippen LogP contribution < -0.4 is 5.73 Å². The van der Waals surface area contributed by atoms with Crippen molar-refractivity contribution in [1.82, 2.24) is 0 Å². The molecule has 0 bridgehead atoms. The molecule has 1 aromatic carbocycles. The highest BCUT2D eigenvalue weighted by molar-refractivity contribution is 6.31. The topological polar surface area (TPSA) is 26.0 Å². The fourth-order valence-electron chi connectivity index (χ4n) is 1.63. The SMILES string of the molecule is Cc1cc(C(N)C(C)C(C)C)c(Cl)cc1F. The Kier molecular flexibility index (Phi) is 4.34. The molecule has 2 atom stereocenters. The van der Waals surface area contributed by atoms with E-state index in [0.29, 0.717) is 22.4 Å². The van der Waals surface area contributed by atoms with E-state index in [2.05, 4.69) is 20.8 Å². The third-order valence-corrected chi connectivity index (χ3v) is 3.58. The lowest BCUT2D eigenvalue weighted by Gasteiger charge is -2.24. The highest BCUT2D eigenvalue weighted by Crippen LogP contribution is 2.31. The fourth-order valence-corrected chi connectivity index (χ4v) is 1.91. The van der Waals surface area contributed by atoms with Gasteiger partial charge in [-0.15, -0.1) is 0 Å². The number of hydrogen-bond donors (Lipinski definition) is 1. The Bertz CT molecular complexity index is 376. The van der Waals surface area contributed by atoms with Gasteiger partial charge in [0.2, 0.25) is 0 Å². The summed E-state index contributed by atoms with van der Waals surface area (Å²) in [5.74, 6) is 0.497. The van der Waals surface area contributed by atoms with Gasteiger partial charge in [0.05, 0.1) is 0 Å². The Morgan fingerprint density at radius 2 is 1.81 bits per heavy atom. The molecular formula is C13H19ClFN. The molecule has 3 heteroatoms. The molecule has 0 saturated carbocycles. The number of hydrogen-bond acceptors (Lipinski definition) is 1. The van der Waals surface area contributed by atoms with Gasteiger partial charge in [-0.25, -0.2) is 4.39 Å². The van der Waals surface area contributed by atoms with Crippen molar-refractivity contribution in [2.45, 2.75) is 33.7 Å². The molecule has 16 heavy (non-hydrogen) atoms. The molecule has 2 unspecified atom stereocenters. The van der Waals surface area contributed by atoms with Gasteiger partial charge in [-0.2, -0.15) is 0 Å². The molecule has 1 rings (SSSR count). The van der Waals surface area contributed by atoms with E-state index in [4.69, 9.17) is 17.3 Å². The van der Waals surface area contributed by atoms with Gasteiger partial charge in [0.15, 0.2) is 0 Å². The summed E-state index contributed by atoms with van der Waals surface area (Å²) >= 11 is 6.03. The Labute approximate surface area is 102 Å². The zero-order chi connectivity index (χ0) is 12.5. The van der Waals surface area contributed by atoms with Gasteiger partial charge in [-0.05, 0) is 36.0 Å².